The van der Waals surface area contributed by atoms with Gasteiger partial charge in [0.05, 0.1) is 0 Å². The van der Waals surface area contributed by atoms with E-state index in [-0.39, 0.29) is 11.7 Å². The molecule has 0 aromatic heterocycles. The lowest BCUT2D eigenvalue weighted by molar-refractivity contribution is 0.0739. The molecule has 0 aliphatic rings. The number of nitrogens with two attached hydrogens (primary N) is 1. The molecule has 0 saturated carbocycles. The highest BCUT2D eigenvalue weighted by atomic mass is 16.4. The molecule has 0 unspecified atom stereocenters. The van der Waals surface area contributed by atoms with Gasteiger partial charge in [0, 0.05) is 25.1 Å². The van der Waals surface area contributed by atoms with E-state index in [9.17, 15) is 4.79 Å². The zero-order valence-electron chi connectivity index (χ0n) is 13.3. The molecule has 0 bridgehead atoms. The first kappa shape index (κ1) is 17.0. The summed E-state index contributed by atoms with van der Waals surface area (Å²) in [7, 11) is 0. The molecule has 0 aliphatic carbocycles. The zero-order valence-corrected chi connectivity index (χ0v) is 13.3. The van der Waals surface area contributed by atoms with Crippen LogP contribution in [0.2, 0.25) is 0 Å². The Morgan fingerprint density at radius 2 is 2.05 bits per heavy atom. The lowest BCUT2D eigenvalue weighted by Crippen LogP contribution is -2.37. The van der Waals surface area contributed by atoms with Crippen LogP contribution >= 0.6 is 0 Å². The Morgan fingerprint density at radius 3 is 2.62 bits per heavy atom. The fourth-order valence-electron chi connectivity index (χ4n) is 2.15. The van der Waals surface area contributed by atoms with Crippen LogP contribution in [0.25, 0.3) is 0 Å². The molecule has 1 amide bonds. The van der Waals surface area contributed by atoms with Crippen molar-refractivity contribution >= 4 is 11.7 Å². The molecular formula is C16H25N3O2. The van der Waals surface area contributed by atoms with Crippen LogP contribution in [-0.4, -0.2) is 34.9 Å². The number of benzene rings is 1. The lowest BCUT2D eigenvalue weighted by atomic mass is 10.0. The highest BCUT2D eigenvalue weighted by molar-refractivity contribution is 5.96. The van der Waals surface area contributed by atoms with E-state index in [1.165, 1.54) is 0 Å². The predicted molar refractivity (Wildman–Crippen MR) is 84.7 cm³/mol. The minimum Gasteiger partial charge on any atom is -0.409 e. The maximum Gasteiger partial charge on any atom is 0.254 e. The molecule has 5 heteroatoms. The third-order valence-corrected chi connectivity index (χ3v) is 3.26. The van der Waals surface area contributed by atoms with E-state index in [4.69, 9.17) is 10.9 Å². The largest absolute Gasteiger partial charge is 0.409 e. The zero-order chi connectivity index (χ0) is 16.0. The second kappa shape index (κ2) is 7.67. The quantitative estimate of drug-likeness (QED) is 0.366. The third-order valence-electron chi connectivity index (χ3n) is 3.26. The fourth-order valence-corrected chi connectivity index (χ4v) is 2.15. The number of rotatable bonds is 6. The SMILES string of the molecule is Cc1ccc(C)c(C(=O)N(CCC(N)=NO)CC(C)C)c1. The molecule has 0 heterocycles. The summed E-state index contributed by atoms with van der Waals surface area (Å²) in [6, 6.07) is 5.86. The summed E-state index contributed by atoms with van der Waals surface area (Å²) < 4.78 is 0. The van der Waals surface area contributed by atoms with Crippen LogP contribution in [0.5, 0.6) is 0 Å². The molecule has 5 nitrogen and oxygen atoms in total. The number of amidine groups is 1. The molecule has 1 aromatic carbocycles. The third kappa shape index (κ3) is 5.10. The van der Waals surface area contributed by atoms with Crippen LogP contribution in [-0.2, 0) is 0 Å². The first-order chi connectivity index (χ1) is 9.85. The van der Waals surface area contributed by atoms with Gasteiger partial charge in [-0.05, 0) is 31.4 Å². The van der Waals surface area contributed by atoms with Gasteiger partial charge in [-0.1, -0.05) is 36.7 Å². The minimum atomic E-state index is -0.00404. The van der Waals surface area contributed by atoms with Crippen molar-refractivity contribution in [3.05, 3.63) is 34.9 Å². The van der Waals surface area contributed by atoms with Gasteiger partial charge in [-0.15, -0.1) is 0 Å². The lowest BCUT2D eigenvalue weighted by Gasteiger charge is -2.25. The first-order valence-corrected chi connectivity index (χ1v) is 7.18. The number of amides is 1. The molecule has 0 saturated heterocycles. The van der Waals surface area contributed by atoms with E-state index >= 15 is 0 Å². The summed E-state index contributed by atoms with van der Waals surface area (Å²) in [6.07, 6.45) is 0.361. The maximum atomic E-state index is 12.7. The van der Waals surface area contributed by atoms with Gasteiger partial charge in [-0.25, -0.2) is 0 Å². The Balaban J connectivity index is 2.96. The van der Waals surface area contributed by atoms with Crippen molar-refractivity contribution in [2.75, 3.05) is 13.1 Å². The molecule has 0 aliphatic heterocycles. The van der Waals surface area contributed by atoms with E-state index in [0.29, 0.717) is 25.4 Å². The Morgan fingerprint density at radius 1 is 1.38 bits per heavy atom. The van der Waals surface area contributed by atoms with Crippen LogP contribution in [0.15, 0.2) is 23.4 Å². The normalized spacial score (nSPS) is 11.8. The Hall–Kier alpha value is -2.04. The van der Waals surface area contributed by atoms with E-state index in [2.05, 4.69) is 19.0 Å². The summed E-state index contributed by atoms with van der Waals surface area (Å²) in [5.41, 5.74) is 8.25. The summed E-state index contributed by atoms with van der Waals surface area (Å²) in [5.74, 6) is 0.486. The van der Waals surface area contributed by atoms with E-state index in [1.54, 1.807) is 4.90 Å². The van der Waals surface area contributed by atoms with Gasteiger partial charge >= 0.3 is 0 Å². The van der Waals surface area contributed by atoms with Crippen molar-refractivity contribution in [3.8, 4) is 0 Å². The predicted octanol–water partition coefficient (Wildman–Crippen LogP) is 2.54. The van der Waals surface area contributed by atoms with Gasteiger partial charge < -0.3 is 15.8 Å². The van der Waals surface area contributed by atoms with E-state index < -0.39 is 0 Å². The van der Waals surface area contributed by atoms with Gasteiger partial charge in [0.15, 0.2) is 0 Å². The Kier molecular flexibility index (Phi) is 6.21. The second-order valence-electron chi connectivity index (χ2n) is 5.80. The molecule has 0 radical (unpaired) electrons. The summed E-state index contributed by atoms with van der Waals surface area (Å²) in [6.45, 7) is 9.12. The molecule has 0 atom stereocenters. The van der Waals surface area contributed by atoms with Gasteiger partial charge in [-0.3, -0.25) is 4.79 Å². The standard InChI is InChI=1S/C16H25N3O2/c1-11(2)10-19(8-7-15(17)18-21)16(20)14-9-12(3)5-6-13(14)4/h5-6,9,11,21H,7-8,10H2,1-4H3,(H2,17,18). The van der Waals surface area contributed by atoms with Crippen molar-refractivity contribution in [2.24, 2.45) is 16.8 Å². The second-order valence-corrected chi connectivity index (χ2v) is 5.80. The summed E-state index contributed by atoms with van der Waals surface area (Å²) in [4.78, 5) is 14.5. The topological polar surface area (TPSA) is 78.9 Å². The molecule has 3 N–H and O–H groups in total. The van der Waals surface area contributed by atoms with Crippen molar-refractivity contribution in [2.45, 2.75) is 34.1 Å². The minimum absolute atomic E-state index is 0.00404. The molecule has 0 spiro atoms. The summed E-state index contributed by atoms with van der Waals surface area (Å²) >= 11 is 0. The molecule has 21 heavy (non-hydrogen) atoms. The van der Waals surface area contributed by atoms with Crippen molar-refractivity contribution in [3.63, 3.8) is 0 Å². The molecular weight excluding hydrogens is 266 g/mol. The van der Waals surface area contributed by atoms with E-state index in [0.717, 1.165) is 16.7 Å². The van der Waals surface area contributed by atoms with Gasteiger partial charge in [0.1, 0.15) is 5.84 Å². The van der Waals surface area contributed by atoms with Crippen molar-refractivity contribution < 1.29 is 10.0 Å². The van der Waals surface area contributed by atoms with Crippen LogP contribution in [0.3, 0.4) is 0 Å². The Bertz CT molecular complexity index is 524. The number of carbonyl (C=O) groups excluding carboxylic acids is 1. The highest BCUT2D eigenvalue weighted by Crippen LogP contribution is 2.15. The molecule has 1 rings (SSSR count). The van der Waals surface area contributed by atoms with Gasteiger partial charge in [0.2, 0.25) is 0 Å². The van der Waals surface area contributed by atoms with Gasteiger partial charge in [-0.2, -0.15) is 0 Å². The molecule has 1 aromatic rings. The smallest absolute Gasteiger partial charge is 0.254 e. The van der Waals surface area contributed by atoms with E-state index in [1.807, 2.05) is 32.0 Å². The number of hydrogen-bond acceptors (Lipinski definition) is 3. The fraction of sp³-hybridized carbons (Fsp3) is 0.500. The highest BCUT2D eigenvalue weighted by Gasteiger charge is 2.19. The number of carbonyl (C=O) groups is 1. The summed E-state index contributed by atoms with van der Waals surface area (Å²) in [5, 5.41) is 11.6. The number of nitrogens with zero attached hydrogens (tertiary/aromatic N) is 2. The van der Waals surface area contributed by atoms with Crippen molar-refractivity contribution in [1.29, 1.82) is 0 Å². The Labute approximate surface area is 126 Å². The van der Waals surface area contributed by atoms with Crippen LogP contribution in [0.4, 0.5) is 0 Å². The van der Waals surface area contributed by atoms with Crippen molar-refractivity contribution in [1.82, 2.24) is 4.90 Å². The van der Waals surface area contributed by atoms with Crippen LogP contribution < -0.4 is 5.73 Å². The van der Waals surface area contributed by atoms with Crippen LogP contribution in [0, 0.1) is 19.8 Å². The average Bonchev–Trinajstić information content (AvgIpc) is 2.44. The van der Waals surface area contributed by atoms with Gasteiger partial charge in [0.25, 0.3) is 5.91 Å². The number of oxime groups is 1. The molecule has 0 fully saturated rings. The maximum absolute atomic E-state index is 12.7. The first-order valence-electron chi connectivity index (χ1n) is 7.18. The van der Waals surface area contributed by atoms with Crippen LogP contribution in [0.1, 0.15) is 41.8 Å². The molecule has 116 valence electrons. The number of aryl methyl sites for hydroxylation is 2. The number of hydrogen-bond donors (Lipinski definition) is 2. The monoisotopic (exact) mass is 291 g/mol. The average molecular weight is 291 g/mol.